The van der Waals surface area contributed by atoms with Crippen molar-refractivity contribution in [3.63, 3.8) is 0 Å². The Balaban J connectivity index is 1.88. The maximum absolute atomic E-state index is 10.1. The summed E-state index contributed by atoms with van der Waals surface area (Å²) in [5.74, 6) is 0.0143. The average molecular weight is 276 g/mol. The molecule has 1 N–H and O–H groups in total. The fraction of sp³-hybridized carbons (Fsp3) is 0.529. The molecule has 0 aromatic heterocycles. The lowest BCUT2D eigenvalue weighted by Gasteiger charge is -2.26. The zero-order valence-corrected chi connectivity index (χ0v) is 11.9. The lowest BCUT2D eigenvalue weighted by Crippen LogP contribution is -2.30. The maximum Gasteiger partial charge on any atom is 0.157 e. The Labute approximate surface area is 121 Å². The Morgan fingerprint density at radius 2 is 2.15 bits per heavy atom. The van der Waals surface area contributed by atoms with Crippen LogP contribution in [0.5, 0.6) is 0 Å². The van der Waals surface area contributed by atoms with E-state index in [2.05, 4.69) is 18.7 Å². The maximum atomic E-state index is 10.1. The SMILES string of the molecule is C=C[C@H](O)[C@@H](CO[C@@H]1CCCCO1)Cc1ccccc1. The summed E-state index contributed by atoms with van der Waals surface area (Å²) in [5.41, 5.74) is 1.20. The minimum Gasteiger partial charge on any atom is -0.389 e. The van der Waals surface area contributed by atoms with Gasteiger partial charge >= 0.3 is 0 Å². The van der Waals surface area contributed by atoms with Crippen molar-refractivity contribution in [2.75, 3.05) is 13.2 Å². The van der Waals surface area contributed by atoms with E-state index in [9.17, 15) is 5.11 Å². The Morgan fingerprint density at radius 3 is 2.80 bits per heavy atom. The first kappa shape index (κ1) is 15.2. The molecular formula is C17H24O3. The van der Waals surface area contributed by atoms with Crippen molar-refractivity contribution in [1.29, 1.82) is 0 Å². The number of benzene rings is 1. The van der Waals surface area contributed by atoms with Gasteiger partial charge in [-0.1, -0.05) is 36.4 Å². The van der Waals surface area contributed by atoms with E-state index in [1.165, 1.54) is 5.56 Å². The van der Waals surface area contributed by atoms with Crippen LogP contribution in [0.2, 0.25) is 0 Å². The van der Waals surface area contributed by atoms with Gasteiger partial charge in [0.25, 0.3) is 0 Å². The van der Waals surface area contributed by atoms with Gasteiger partial charge in [0.1, 0.15) is 0 Å². The van der Waals surface area contributed by atoms with Gasteiger partial charge in [-0.15, -0.1) is 6.58 Å². The summed E-state index contributed by atoms with van der Waals surface area (Å²) in [6.45, 7) is 4.95. The zero-order valence-electron chi connectivity index (χ0n) is 11.9. The summed E-state index contributed by atoms with van der Waals surface area (Å²) in [4.78, 5) is 0. The molecule has 110 valence electrons. The molecule has 1 fully saturated rings. The van der Waals surface area contributed by atoms with Crippen LogP contribution >= 0.6 is 0 Å². The standard InChI is InChI=1S/C17H24O3/c1-2-16(18)15(12-14-8-4-3-5-9-14)13-20-17-10-6-7-11-19-17/h2-5,8-9,15-18H,1,6-7,10-13H2/t15-,16+,17-/m1/s1. The summed E-state index contributed by atoms with van der Waals surface area (Å²) >= 11 is 0. The number of hydrogen-bond donors (Lipinski definition) is 1. The molecule has 0 aliphatic carbocycles. The summed E-state index contributed by atoms with van der Waals surface area (Å²) in [7, 11) is 0. The van der Waals surface area contributed by atoms with E-state index in [0.717, 1.165) is 32.3 Å². The highest BCUT2D eigenvalue weighted by atomic mass is 16.7. The van der Waals surface area contributed by atoms with E-state index < -0.39 is 6.10 Å². The molecule has 1 saturated heterocycles. The molecule has 0 amide bonds. The van der Waals surface area contributed by atoms with Crippen molar-refractivity contribution in [2.24, 2.45) is 5.92 Å². The molecule has 1 aliphatic rings. The van der Waals surface area contributed by atoms with Gasteiger partial charge < -0.3 is 14.6 Å². The van der Waals surface area contributed by atoms with Crippen molar-refractivity contribution >= 4 is 0 Å². The van der Waals surface area contributed by atoms with E-state index in [1.807, 2.05) is 18.2 Å². The predicted octanol–water partition coefficient (Wildman–Crippen LogP) is 2.94. The van der Waals surface area contributed by atoms with Crippen molar-refractivity contribution in [3.05, 3.63) is 48.6 Å². The number of aliphatic hydroxyl groups excluding tert-OH is 1. The fourth-order valence-corrected chi connectivity index (χ4v) is 2.46. The van der Waals surface area contributed by atoms with Crippen LogP contribution < -0.4 is 0 Å². The van der Waals surface area contributed by atoms with E-state index in [1.54, 1.807) is 6.08 Å². The summed E-state index contributed by atoms with van der Waals surface area (Å²) < 4.78 is 11.4. The molecule has 1 aliphatic heterocycles. The van der Waals surface area contributed by atoms with Gasteiger partial charge in [-0.3, -0.25) is 0 Å². The first-order valence-corrected chi connectivity index (χ1v) is 7.37. The molecule has 1 aromatic carbocycles. The molecule has 3 nitrogen and oxygen atoms in total. The van der Waals surface area contributed by atoms with Crippen molar-refractivity contribution in [2.45, 2.75) is 38.1 Å². The molecule has 2 rings (SSSR count). The van der Waals surface area contributed by atoms with Crippen LogP contribution in [0, 0.1) is 5.92 Å². The fourth-order valence-electron chi connectivity index (χ4n) is 2.46. The minimum absolute atomic E-state index is 0.0143. The molecule has 3 heteroatoms. The Morgan fingerprint density at radius 1 is 1.35 bits per heavy atom. The summed E-state index contributed by atoms with van der Waals surface area (Å²) in [6, 6.07) is 10.2. The molecule has 3 atom stereocenters. The van der Waals surface area contributed by atoms with Gasteiger partial charge in [0.05, 0.1) is 12.7 Å². The van der Waals surface area contributed by atoms with Gasteiger partial charge in [-0.25, -0.2) is 0 Å². The summed E-state index contributed by atoms with van der Waals surface area (Å²) in [6.07, 6.45) is 4.90. The quantitative estimate of drug-likeness (QED) is 0.778. The van der Waals surface area contributed by atoms with Gasteiger partial charge in [0.15, 0.2) is 6.29 Å². The number of aliphatic hydroxyl groups is 1. The van der Waals surface area contributed by atoms with Gasteiger partial charge in [-0.2, -0.15) is 0 Å². The largest absolute Gasteiger partial charge is 0.389 e. The van der Waals surface area contributed by atoms with Gasteiger partial charge in [0.2, 0.25) is 0 Å². The highest BCUT2D eigenvalue weighted by Crippen LogP contribution is 2.18. The molecule has 0 bridgehead atoms. The zero-order chi connectivity index (χ0) is 14.2. The van der Waals surface area contributed by atoms with Crippen molar-refractivity contribution in [3.8, 4) is 0 Å². The molecule has 20 heavy (non-hydrogen) atoms. The molecule has 0 radical (unpaired) electrons. The van der Waals surface area contributed by atoms with Crippen molar-refractivity contribution < 1.29 is 14.6 Å². The van der Waals surface area contributed by atoms with Crippen LogP contribution in [0.25, 0.3) is 0 Å². The van der Waals surface area contributed by atoms with Crippen LogP contribution in [-0.2, 0) is 15.9 Å². The molecular weight excluding hydrogens is 252 g/mol. The highest BCUT2D eigenvalue weighted by molar-refractivity contribution is 5.15. The van der Waals surface area contributed by atoms with E-state index >= 15 is 0 Å². The average Bonchev–Trinajstić information content (AvgIpc) is 2.52. The third kappa shape index (κ3) is 4.75. The lowest BCUT2D eigenvalue weighted by atomic mass is 9.94. The lowest BCUT2D eigenvalue weighted by molar-refractivity contribution is -0.172. The van der Waals surface area contributed by atoms with Crippen LogP contribution in [0.15, 0.2) is 43.0 Å². The predicted molar refractivity (Wildman–Crippen MR) is 79.4 cm³/mol. The number of rotatable bonds is 7. The molecule has 0 saturated carbocycles. The molecule has 0 spiro atoms. The second-order valence-electron chi connectivity index (χ2n) is 5.31. The Bertz CT molecular complexity index is 384. The van der Waals surface area contributed by atoms with Crippen LogP contribution in [0.1, 0.15) is 24.8 Å². The Hall–Kier alpha value is -1.16. The minimum atomic E-state index is -0.557. The third-order valence-corrected chi connectivity index (χ3v) is 3.70. The van der Waals surface area contributed by atoms with Gasteiger partial charge in [0, 0.05) is 12.5 Å². The van der Waals surface area contributed by atoms with Crippen LogP contribution in [0.4, 0.5) is 0 Å². The first-order valence-electron chi connectivity index (χ1n) is 7.37. The van der Waals surface area contributed by atoms with E-state index in [4.69, 9.17) is 9.47 Å². The monoisotopic (exact) mass is 276 g/mol. The third-order valence-electron chi connectivity index (χ3n) is 3.70. The molecule has 0 unspecified atom stereocenters. The number of ether oxygens (including phenoxy) is 2. The first-order chi connectivity index (χ1) is 9.79. The summed E-state index contributed by atoms with van der Waals surface area (Å²) in [5, 5.41) is 10.1. The molecule has 1 aromatic rings. The van der Waals surface area contributed by atoms with E-state index in [-0.39, 0.29) is 12.2 Å². The van der Waals surface area contributed by atoms with Gasteiger partial charge in [-0.05, 0) is 31.2 Å². The van der Waals surface area contributed by atoms with E-state index in [0.29, 0.717) is 6.61 Å². The highest BCUT2D eigenvalue weighted by Gasteiger charge is 2.21. The Kier molecular flexibility index (Phi) is 6.25. The van der Waals surface area contributed by atoms with Crippen LogP contribution in [-0.4, -0.2) is 30.7 Å². The second kappa shape index (κ2) is 8.20. The second-order valence-corrected chi connectivity index (χ2v) is 5.31. The van der Waals surface area contributed by atoms with Crippen molar-refractivity contribution in [1.82, 2.24) is 0 Å². The topological polar surface area (TPSA) is 38.7 Å². The molecule has 1 heterocycles. The smallest absolute Gasteiger partial charge is 0.157 e. The normalized spacial score (nSPS) is 22.1. The number of hydrogen-bond acceptors (Lipinski definition) is 3. The van der Waals surface area contributed by atoms with Crippen LogP contribution in [0.3, 0.4) is 0 Å².